The fourth-order valence-corrected chi connectivity index (χ4v) is 3.18. The first-order chi connectivity index (χ1) is 13.5. The fraction of sp³-hybridized carbons (Fsp3) is 0.409. The first kappa shape index (κ1) is 20.6. The highest BCUT2D eigenvalue weighted by molar-refractivity contribution is 6.31. The molecule has 0 radical (unpaired) electrons. The summed E-state index contributed by atoms with van der Waals surface area (Å²) in [6.45, 7) is 8.62. The molecule has 1 heterocycles. The van der Waals surface area contributed by atoms with E-state index >= 15 is 0 Å². The van der Waals surface area contributed by atoms with Gasteiger partial charge in [0, 0.05) is 31.2 Å². The molecule has 0 saturated carbocycles. The summed E-state index contributed by atoms with van der Waals surface area (Å²) < 4.78 is 11.1. The van der Waals surface area contributed by atoms with E-state index in [9.17, 15) is 4.79 Å². The van der Waals surface area contributed by atoms with Crippen molar-refractivity contribution in [2.75, 3.05) is 26.3 Å². The summed E-state index contributed by atoms with van der Waals surface area (Å²) in [5, 5.41) is 3.61. The van der Waals surface area contributed by atoms with Crippen molar-refractivity contribution >= 4 is 17.5 Å². The number of aryl methyl sites for hydroxylation is 1. The van der Waals surface area contributed by atoms with E-state index < -0.39 is 6.10 Å². The highest BCUT2D eigenvalue weighted by atomic mass is 35.5. The van der Waals surface area contributed by atoms with E-state index in [0.717, 1.165) is 44.0 Å². The summed E-state index contributed by atoms with van der Waals surface area (Å²) >= 11 is 6.02. The monoisotopic (exact) mass is 402 g/mol. The van der Waals surface area contributed by atoms with Crippen molar-refractivity contribution in [2.45, 2.75) is 33.0 Å². The molecular formula is C22H27ClN2O3. The van der Waals surface area contributed by atoms with Crippen LogP contribution >= 0.6 is 11.6 Å². The lowest BCUT2D eigenvalue weighted by atomic mass is 10.1. The van der Waals surface area contributed by atoms with Gasteiger partial charge in [0.2, 0.25) is 0 Å². The van der Waals surface area contributed by atoms with E-state index in [1.54, 1.807) is 19.1 Å². The summed E-state index contributed by atoms with van der Waals surface area (Å²) in [7, 11) is 0. The molecule has 1 aliphatic heterocycles. The molecular weight excluding hydrogens is 376 g/mol. The zero-order valence-electron chi connectivity index (χ0n) is 16.4. The first-order valence-corrected chi connectivity index (χ1v) is 9.97. The fourth-order valence-electron chi connectivity index (χ4n) is 3.06. The third-order valence-corrected chi connectivity index (χ3v) is 5.24. The minimum Gasteiger partial charge on any atom is -0.481 e. The van der Waals surface area contributed by atoms with Crippen LogP contribution < -0.4 is 10.1 Å². The van der Waals surface area contributed by atoms with Gasteiger partial charge in [-0.25, -0.2) is 0 Å². The van der Waals surface area contributed by atoms with Crippen molar-refractivity contribution in [2.24, 2.45) is 0 Å². The van der Waals surface area contributed by atoms with Gasteiger partial charge in [-0.3, -0.25) is 9.69 Å². The van der Waals surface area contributed by atoms with Crippen LogP contribution in [0, 0.1) is 6.92 Å². The maximum absolute atomic E-state index is 12.3. The lowest BCUT2D eigenvalue weighted by Crippen LogP contribution is -2.36. The molecule has 3 rings (SSSR count). The van der Waals surface area contributed by atoms with Crippen molar-refractivity contribution in [1.29, 1.82) is 0 Å². The minimum absolute atomic E-state index is 0.148. The molecule has 0 bridgehead atoms. The van der Waals surface area contributed by atoms with Crippen LogP contribution in [0.3, 0.4) is 0 Å². The molecule has 1 atom stereocenters. The van der Waals surface area contributed by atoms with Crippen molar-refractivity contribution in [1.82, 2.24) is 10.2 Å². The summed E-state index contributed by atoms with van der Waals surface area (Å²) in [6, 6.07) is 13.7. The van der Waals surface area contributed by atoms with Crippen LogP contribution in [-0.4, -0.2) is 43.2 Å². The Labute approximate surface area is 171 Å². The molecule has 1 N–H and O–H groups in total. The number of amides is 1. The van der Waals surface area contributed by atoms with Crippen molar-refractivity contribution in [3.63, 3.8) is 0 Å². The molecule has 1 unspecified atom stereocenters. The number of hydrogen-bond donors (Lipinski definition) is 1. The molecule has 0 aromatic heterocycles. The largest absolute Gasteiger partial charge is 0.481 e. The normalized spacial score (nSPS) is 15.8. The highest BCUT2D eigenvalue weighted by Gasteiger charge is 2.15. The lowest BCUT2D eigenvalue weighted by molar-refractivity contribution is -0.127. The standard InChI is InChI=1S/C22H27ClN2O3/c1-16-13-20(7-8-21(16)23)28-17(2)22(26)24-14-18-3-5-19(6-4-18)15-25-9-11-27-12-10-25/h3-8,13,17H,9-12,14-15H2,1-2H3,(H,24,26). The van der Waals surface area contributed by atoms with Crippen LogP contribution in [0.5, 0.6) is 5.75 Å². The number of hydrogen-bond acceptors (Lipinski definition) is 4. The zero-order valence-corrected chi connectivity index (χ0v) is 17.2. The van der Waals surface area contributed by atoms with Gasteiger partial charge in [0.05, 0.1) is 13.2 Å². The quantitative estimate of drug-likeness (QED) is 0.769. The summed E-state index contributed by atoms with van der Waals surface area (Å²) in [6.07, 6.45) is -0.582. The van der Waals surface area contributed by atoms with Gasteiger partial charge in [-0.15, -0.1) is 0 Å². The van der Waals surface area contributed by atoms with Crippen LogP contribution in [-0.2, 0) is 22.6 Å². The predicted octanol–water partition coefficient (Wildman–Crippen LogP) is 3.56. The zero-order chi connectivity index (χ0) is 19.9. The third kappa shape index (κ3) is 5.96. The number of rotatable bonds is 7. The van der Waals surface area contributed by atoms with E-state index in [1.165, 1.54) is 5.56 Å². The Balaban J connectivity index is 1.46. The van der Waals surface area contributed by atoms with Crippen LogP contribution in [0.2, 0.25) is 5.02 Å². The Morgan fingerprint density at radius 1 is 1.18 bits per heavy atom. The van der Waals surface area contributed by atoms with Gasteiger partial charge < -0.3 is 14.8 Å². The van der Waals surface area contributed by atoms with E-state index in [0.29, 0.717) is 17.3 Å². The molecule has 2 aromatic rings. The van der Waals surface area contributed by atoms with Gasteiger partial charge in [-0.2, -0.15) is 0 Å². The Hall–Kier alpha value is -2.08. The Morgan fingerprint density at radius 3 is 2.54 bits per heavy atom. The molecule has 6 heteroatoms. The van der Waals surface area contributed by atoms with Crippen molar-refractivity contribution in [3.8, 4) is 5.75 Å². The summed E-state index contributed by atoms with van der Waals surface area (Å²) in [5.74, 6) is 0.488. The second-order valence-corrected chi connectivity index (χ2v) is 7.50. The van der Waals surface area contributed by atoms with E-state index in [1.807, 2.05) is 13.0 Å². The molecule has 2 aromatic carbocycles. The number of nitrogens with zero attached hydrogens (tertiary/aromatic N) is 1. The van der Waals surface area contributed by atoms with Crippen LogP contribution in [0.25, 0.3) is 0 Å². The lowest BCUT2D eigenvalue weighted by Gasteiger charge is -2.26. The molecule has 0 aliphatic carbocycles. The second-order valence-electron chi connectivity index (χ2n) is 7.09. The molecule has 150 valence electrons. The molecule has 28 heavy (non-hydrogen) atoms. The van der Waals surface area contributed by atoms with E-state index in [-0.39, 0.29) is 5.91 Å². The van der Waals surface area contributed by atoms with Gasteiger partial charge in [0.15, 0.2) is 6.10 Å². The maximum atomic E-state index is 12.3. The number of carbonyl (C=O) groups excluding carboxylic acids is 1. The molecule has 1 fully saturated rings. The highest BCUT2D eigenvalue weighted by Crippen LogP contribution is 2.22. The Kier molecular flexibility index (Phi) is 7.31. The van der Waals surface area contributed by atoms with Crippen LogP contribution in [0.15, 0.2) is 42.5 Å². The topological polar surface area (TPSA) is 50.8 Å². The smallest absolute Gasteiger partial charge is 0.261 e. The number of halogens is 1. The van der Waals surface area contributed by atoms with Crippen molar-refractivity contribution in [3.05, 3.63) is 64.2 Å². The number of benzene rings is 2. The van der Waals surface area contributed by atoms with Gasteiger partial charge in [-0.1, -0.05) is 35.9 Å². The molecule has 0 spiro atoms. The number of ether oxygens (including phenoxy) is 2. The van der Waals surface area contributed by atoms with Crippen molar-refractivity contribution < 1.29 is 14.3 Å². The van der Waals surface area contributed by atoms with E-state index in [4.69, 9.17) is 21.1 Å². The second kappa shape index (κ2) is 9.92. The predicted molar refractivity (Wildman–Crippen MR) is 111 cm³/mol. The van der Waals surface area contributed by atoms with E-state index in [2.05, 4.69) is 34.5 Å². The Morgan fingerprint density at radius 2 is 1.86 bits per heavy atom. The summed E-state index contributed by atoms with van der Waals surface area (Å²) in [4.78, 5) is 14.7. The van der Waals surface area contributed by atoms with Gasteiger partial charge in [-0.05, 0) is 48.7 Å². The average molecular weight is 403 g/mol. The first-order valence-electron chi connectivity index (χ1n) is 9.60. The van der Waals surface area contributed by atoms with Gasteiger partial charge in [0.1, 0.15) is 5.75 Å². The van der Waals surface area contributed by atoms with Gasteiger partial charge in [0.25, 0.3) is 5.91 Å². The molecule has 1 aliphatic rings. The molecule has 5 nitrogen and oxygen atoms in total. The molecule has 1 saturated heterocycles. The number of morpholine rings is 1. The third-order valence-electron chi connectivity index (χ3n) is 4.81. The minimum atomic E-state index is -0.582. The average Bonchev–Trinajstić information content (AvgIpc) is 2.71. The maximum Gasteiger partial charge on any atom is 0.261 e. The number of nitrogens with one attached hydrogen (secondary N) is 1. The van der Waals surface area contributed by atoms with Gasteiger partial charge >= 0.3 is 0 Å². The van der Waals surface area contributed by atoms with Crippen LogP contribution in [0.4, 0.5) is 0 Å². The number of carbonyl (C=O) groups is 1. The molecule has 1 amide bonds. The Bertz CT molecular complexity index is 789. The van der Waals surface area contributed by atoms with Crippen LogP contribution in [0.1, 0.15) is 23.6 Å². The SMILES string of the molecule is Cc1cc(OC(C)C(=O)NCc2ccc(CN3CCOCC3)cc2)ccc1Cl. The summed E-state index contributed by atoms with van der Waals surface area (Å²) in [5.41, 5.74) is 3.25.